The number of rotatable bonds is 7. The van der Waals surface area contributed by atoms with E-state index in [1.54, 1.807) is 25.1 Å². The van der Waals surface area contributed by atoms with Crippen LogP contribution in [0.3, 0.4) is 0 Å². The van der Waals surface area contributed by atoms with Gasteiger partial charge in [-0.3, -0.25) is 9.10 Å². The summed E-state index contributed by atoms with van der Waals surface area (Å²) in [6, 6.07) is 12.4. The summed E-state index contributed by atoms with van der Waals surface area (Å²) >= 11 is 0. The molecule has 0 unspecified atom stereocenters. The zero-order chi connectivity index (χ0) is 28.4. The number of hydrogen-bond acceptors (Lipinski definition) is 11. The predicted molar refractivity (Wildman–Crippen MR) is 144 cm³/mol. The average Bonchev–Trinajstić information content (AvgIpc) is 2.92. The molecule has 3 heterocycles. The number of amides is 1. The molecule has 0 radical (unpaired) electrons. The Kier molecular flexibility index (Phi) is 7.79. The van der Waals surface area contributed by atoms with Crippen LogP contribution in [-0.4, -0.2) is 74.6 Å². The molecular weight excluding hydrogens is 544 g/mol. The molecule has 2 aromatic heterocycles. The molecule has 15 heteroatoms. The van der Waals surface area contributed by atoms with Gasteiger partial charge in [-0.25, -0.2) is 26.8 Å². The molecule has 39 heavy (non-hydrogen) atoms. The van der Waals surface area contributed by atoms with Gasteiger partial charge >= 0.3 is 0 Å². The third-order valence-corrected chi connectivity index (χ3v) is 9.62. The molecule has 1 aliphatic rings. The highest BCUT2D eigenvalue weighted by Crippen LogP contribution is 2.26. The summed E-state index contributed by atoms with van der Waals surface area (Å²) < 4.78 is 51.3. The number of para-hydroxylation sites is 1. The van der Waals surface area contributed by atoms with E-state index in [0.29, 0.717) is 37.6 Å². The second-order valence-corrected chi connectivity index (χ2v) is 13.2. The first-order chi connectivity index (χ1) is 18.4. The number of aromatic nitrogens is 4. The Labute approximate surface area is 226 Å². The van der Waals surface area contributed by atoms with E-state index in [9.17, 15) is 21.6 Å². The zero-order valence-electron chi connectivity index (χ0n) is 21.4. The smallest absolute Gasteiger partial charge is 0.259 e. The lowest BCUT2D eigenvalue weighted by molar-refractivity contribution is 0.102. The molecule has 1 saturated heterocycles. The quantitative estimate of drug-likeness (QED) is 0.435. The monoisotopic (exact) mass is 570 g/mol. The van der Waals surface area contributed by atoms with E-state index >= 15 is 0 Å². The number of piperidine rings is 1. The van der Waals surface area contributed by atoms with Gasteiger partial charge in [0.25, 0.3) is 5.91 Å². The van der Waals surface area contributed by atoms with Crippen LogP contribution in [0.2, 0.25) is 0 Å². The summed E-state index contributed by atoms with van der Waals surface area (Å²) in [5.74, 6) is -0.224. The van der Waals surface area contributed by atoms with Crippen molar-refractivity contribution in [2.75, 3.05) is 40.9 Å². The minimum Gasteiger partial charge on any atom is -0.341 e. The number of hydrogen-bond donors (Lipinski definition) is 1. The van der Waals surface area contributed by atoms with Crippen LogP contribution in [0.4, 0.5) is 17.5 Å². The van der Waals surface area contributed by atoms with Gasteiger partial charge in [0.1, 0.15) is 11.8 Å². The van der Waals surface area contributed by atoms with E-state index < -0.39 is 31.0 Å². The standard InChI is InChI=1S/C24H26N8O5S2/c1-16-14-17(15-25)27-24(26-16)32-12-10-18(11-13-32)39(36,37)22-9-8-21(29-30-22)28-23(33)19-6-4-5-7-20(19)31(2)38(3,34)35/h4-9,14,18H,10-13H2,1-3H3,(H,28,29,33). The zero-order valence-corrected chi connectivity index (χ0v) is 23.1. The fraction of sp³-hybridized carbons (Fsp3) is 0.333. The van der Waals surface area contributed by atoms with Crippen molar-refractivity contribution in [2.45, 2.75) is 30.0 Å². The lowest BCUT2D eigenvalue weighted by Crippen LogP contribution is -2.40. The van der Waals surface area contributed by atoms with Gasteiger partial charge in [0, 0.05) is 25.8 Å². The summed E-state index contributed by atoms with van der Waals surface area (Å²) in [5, 5.41) is 18.5. The van der Waals surface area contributed by atoms with Crippen LogP contribution in [0, 0.1) is 18.3 Å². The van der Waals surface area contributed by atoms with Gasteiger partial charge in [-0.15, -0.1) is 10.2 Å². The summed E-state index contributed by atoms with van der Waals surface area (Å²) in [6.45, 7) is 2.54. The molecule has 13 nitrogen and oxygen atoms in total. The van der Waals surface area contributed by atoms with Crippen molar-refractivity contribution in [3.05, 3.63) is 59.4 Å². The second kappa shape index (κ2) is 10.9. The van der Waals surface area contributed by atoms with E-state index in [0.717, 1.165) is 10.6 Å². The number of benzene rings is 1. The van der Waals surface area contributed by atoms with Crippen molar-refractivity contribution in [1.29, 1.82) is 5.26 Å². The van der Waals surface area contributed by atoms with Gasteiger partial charge < -0.3 is 10.2 Å². The lowest BCUT2D eigenvalue weighted by Gasteiger charge is -2.31. The number of anilines is 3. The van der Waals surface area contributed by atoms with Gasteiger partial charge in [-0.2, -0.15) is 5.26 Å². The normalized spacial score (nSPS) is 14.5. The number of aryl methyl sites for hydroxylation is 1. The number of nitrogens with one attached hydrogen (secondary N) is 1. The van der Waals surface area contributed by atoms with Crippen molar-refractivity contribution in [3.8, 4) is 6.07 Å². The Balaban J connectivity index is 1.44. The van der Waals surface area contributed by atoms with Crippen LogP contribution < -0.4 is 14.5 Å². The van der Waals surface area contributed by atoms with Crippen molar-refractivity contribution in [1.82, 2.24) is 20.2 Å². The first-order valence-corrected chi connectivity index (χ1v) is 15.2. The average molecular weight is 571 g/mol. The van der Waals surface area contributed by atoms with Crippen LogP contribution >= 0.6 is 0 Å². The highest BCUT2D eigenvalue weighted by molar-refractivity contribution is 7.92. The van der Waals surface area contributed by atoms with Crippen LogP contribution in [0.5, 0.6) is 0 Å². The number of nitrogens with zero attached hydrogens (tertiary/aromatic N) is 7. The van der Waals surface area contributed by atoms with E-state index in [4.69, 9.17) is 5.26 Å². The highest BCUT2D eigenvalue weighted by atomic mass is 32.2. The van der Waals surface area contributed by atoms with Crippen LogP contribution in [0.15, 0.2) is 47.5 Å². The molecular formula is C24H26N8O5S2. The molecule has 204 valence electrons. The van der Waals surface area contributed by atoms with Crippen LogP contribution in [-0.2, 0) is 19.9 Å². The molecule has 1 fully saturated rings. The maximum Gasteiger partial charge on any atom is 0.259 e. The number of carbonyl (C=O) groups excluding carboxylic acids is 1. The largest absolute Gasteiger partial charge is 0.341 e. The van der Waals surface area contributed by atoms with E-state index in [2.05, 4.69) is 25.5 Å². The third-order valence-electron chi connectivity index (χ3n) is 6.28. The Morgan fingerprint density at radius 1 is 1.08 bits per heavy atom. The fourth-order valence-corrected chi connectivity index (χ4v) is 6.23. The summed E-state index contributed by atoms with van der Waals surface area (Å²) in [5.41, 5.74) is 1.17. The van der Waals surface area contributed by atoms with Gasteiger partial charge in [-0.1, -0.05) is 12.1 Å². The summed E-state index contributed by atoms with van der Waals surface area (Å²) in [6.07, 6.45) is 1.65. The Bertz CT molecular complexity index is 1650. The van der Waals surface area contributed by atoms with Crippen LogP contribution in [0.25, 0.3) is 0 Å². The molecule has 0 bridgehead atoms. The molecule has 0 aliphatic carbocycles. The maximum absolute atomic E-state index is 13.2. The predicted octanol–water partition coefficient (Wildman–Crippen LogP) is 1.54. The second-order valence-electron chi connectivity index (χ2n) is 9.00. The van der Waals surface area contributed by atoms with Crippen LogP contribution in [0.1, 0.15) is 34.6 Å². The Morgan fingerprint density at radius 2 is 1.77 bits per heavy atom. The number of sulfonamides is 1. The van der Waals surface area contributed by atoms with Gasteiger partial charge in [0.05, 0.1) is 22.8 Å². The minimum atomic E-state index is -3.80. The topological polar surface area (TPSA) is 179 Å². The van der Waals surface area contributed by atoms with E-state index in [1.165, 1.54) is 31.3 Å². The number of sulfone groups is 1. The molecule has 1 aromatic carbocycles. The van der Waals surface area contributed by atoms with Gasteiger partial charge in [0.15, 0.2) is 20.7 Å². The molecule has 0 atom stereocenters. The molecule has 3 aromatic rings. The van der Waals surface area contributed by atoms with E-state index in [1.807, 2.05) is 11.0 Å². The Hall–Kier alpha value is -4.16. The molecule has 4 rings (SSSR count). The summed E-state index contributed by atoms with van der Waals surface area (Å²) in [4.78, 5) is 23.3. The SMILES string of the molecule is Cc1cc(C#N)nc(N2CCC(S(=O)(=O)c3ccc(NC(=O)c4ccccc4N(C)S(C)(=O)=O)nn3)CC2)n1. The van der Waals surface area contributed by atoms with Gasteiger partial charge in [-0.05, 0) is 50.1 Å². The summed E-state index contributed by atoms with van der Waals surface area (Å²) in [7, 11) is -6.07. The fourth-order valence-electron chi connectivity index (χ4n) is 4.13. The maximum atomic E-state index is 13.2. The van der Waals surface area contributed by atoms with Crippen molar-refractivity contribution >= 4 is 43.2 Å². The molecule has 0 saturated carbocycles. The molecule has 0 spiro atoms. The Morgan fingerprint density at radius 3 is 2.38 bits per heavy atom. The van der Waals surface area contributed by atoms with E-state index in [-0.39, 0.29) is 27.8 Å². The highest BCUT2D eigenvalue weighted by Gasteiger charge is 2.33. The third kappa shape index (κ3) is 6.13. The minimum absolute atomic E-state index is 0.00970. The molecule has 1 aliphatic heterocycles. The first-order valence-electron chi connectivity index (χ1n) is 11.8. The molecule has 1 N–H and O–H groups in total. The first kappa shape index (κ1) is 27.9. The van der Waals surface area contributed by atoms with Gasteiger partial charge in [0.2, 0.25) is 16.0 Å². The van der Waals surface area contributed by atoms with Crippen molar-refractivity contribution < 1.29 is 21.6 Å². The van der Waals surface area contributed by atoms with Crippen molar-refractivity contribution in [3.63, 3.8) is 0 Å². The number of nitriles is 1. The molecule has 1 amide bonds. The number of carbonyl (C=O) groups is 1. The lowest BCUT2D eigenvalue weighted by atomic mass is 10.1. The van der Waals surface area contributed by atoms with Crippen molar-refractivity contribution in [2.24, 2.45) is 0 Å².